The summed E-state index contributed by atoms with van der Waals surface area (Å²) in [7, 11) is 0. The van der Waals surface area contributed by atoms with Crippen molar-refractivity contribution in [2.75, 3.05) is 13.1 Å². The van der Waals surface area contributed by atoms with E-state index in [9.17, 15) is 23.1 Å². The molecule has 0 fully saturated rings. The van der Waals surface area contributed by atoms with Gasteiger partial charge in [0.1, 0.15) is 17.5 Å². The van der Waals surface area contributed by atoms with Crippen LogP contribution in [0.3, 0.4) is 0 Å². The number of aliphatic hydroxyl groups is 1. The van der Waals surface area contributed by atoms with E-state index >= 15 is 0 Å². The van der Waals surface area contributed by atoms with E-state index in [-0.39, 0.29) is 11.8 Å². The maximum atomic E-state index is 12.3. The van der Waals surface area contributed by atoms with E-state index in [1.807, 2.05) is 24.3 Å². The monoisotopic (exact) mass is 504 g/mol. The molecule has 1 aromatic carbocycles. The van der Waals surface area contributed by atoms with Gasteiger partial charge in [-0.2, -0.15) is 13.2 Å². The molecule has 0 radical (unpaired) electrons. The van der Waals surface area contributed by atoms with E-state index in [1.165, 1.54) is 12.3 Å². The van der Waals surface area contributed by atoms with Gasteiger partial charge in [0.05, 0.1) is 18.1 Å². The molecule has 0 aliphatic carbocycles. The number of hydrogen-bond donors (Lipinski definition) is 3. The number of alkyl halides is 3. The molecule has 2 atom stereocenters. The number of aromatic nitrogens is 2. The number of carbonyl (C=O) groups is 1. The molecule has 0 saturated carbocycles. The molecule has 2 unspecified atom stereocenters. The summed E-state index contributed by atoms with van der Waals surface area (Å²) in [5, 5.41) is 13.5. The number of hydrogen-bond acceptors (Lipinski definition) is 7. The highest BCUT2D eigenvalue weighted by molar-refractivity contribution is 7.98. The van der Waals surface area contributed by atoms with Crippen LogP contribution in [-0.4, -0.2) is 45.7 Å². The Hall–Kier alpha value is -3.15. The average Bonchev–Trinajstić information content (AvgIpc) is 2.87. The van der Waals surface area contributed by atoms with Crippen LogP contribution in [0.1, 0.15) is 34.1 Å². The predicted octanol–water partition coefficient (Wildman–Crippen LogP) is 4.06. The zero-order valence-corrected chi connectivity index (χ0v) is 19.3. The van der Waals surface area contributed by atoms with E-state index in [4.69, 9.17) is 4.74 Å². The first-order chi connectivity index (χ1) is 16.8. The molecule has 11 heteroatoms. The van der Waals surface area contributed by atoms with E-state index in [2.05, 4.69) is 15.3 Å². The van der Waals surface area contributed by atoms with E-state index in [0.717, 1.165) is 35.3 Å². The van der Waals surface area contributed by atoms with Gasteiger partial charge in [0.15, 0.2) is 0 Å². The lowest BCUT2D eigenvalue weighted by atomic mass is 9.97. The van der Waals surface area contributed by atoms with Crippen molar-refractivity contribution < 1.29 is 27.8 Å². The lowest BCUT2D eigenvalue weighted by Gasteiger charge is -2.27. The molecule has 0 spiro atoms. The quantitative estimate of drug-likeness (QED) is 0.398. The number of aliphatic hydroxyl groups excluding tert-OH is 1. The minimum atomic E-state index is -4.57. The molecule has 3 heterocycles. The predicted molar refractivity (Wildman–Crippen MR) is 126 cm³/mol. The topological polar surface area (TPSA) is 96.4 Å². The van der Waals surface area contributed by atoms with Crippen LogP contribution in [0.2, 0.25) is 0 Å². The Morgan fingerprint density at radius 3 is 2.80 bits per heavy atom. The SMILES string of the molecule is O=C(NSC(F)(F)F)c1cc(-c2ccc3c(c2)CCC(CNCC(O)c2cccnc2)O3)ccn1. The Morgan fingerprint density at radius 1 is 1.20 bits per heavy atom. The number of amides is 1. The maximum Gasteiger partial charge on any atom is 0.461 e. The summed E-state index contributed by atoms with van der Waals surface area (Å²) >= 11 is -0.615. The summed E-state index contributed by atoms with van der Waals surface area (Å²) < 4.78 is 44.9. The second kappa shape index (κ2) is 11.1. The Bertz CT molecular complexity index is 1160. The number of fused-ring (bicyclic) bond motifs is 1. The highest BCUT2D eigenvalue weighted by Crippen LogP contribution is 2.32. The summed E-state index contributed by atoms with van der Waals surface area (Å²) in [5.41, 5.74) is -1.45. The number of aryl methyl sites for hydroxylation is 1. The van der Waals surface area contributed by atoms with E-state index in [1.54, 1.807) is 29.2 Å². The standard InChI is InChI=1S/C24H23F3N4O3S/c25-24(26,27)35-31-23(33)20-11-16(7-9-30-20)15-4-6-22-17(10-15)3-5-19(34-22)13-29-14-21(32)18-2-1-8-28-12-18/h1-2,4,6-12,19,21,29,32H,3,5,13-14H2,(H,31,33). The zero-order chi connectivity index (χ0) is 24.8. The normalized spacial score (nSPS) is 16.2. The van der Waals surface area contributed by atoms with Gasteiger partial charge < -0.3 is 15.2 Å². The molecule has 3 N–H and O–H groups in total. The number of nitrogens with zero attached hydrogens (tertiary/aromatic N) is 2. The second-order valence-electron chi connectivity index (χ2n) is 7.97. The lowest BCUT2D eigenvalue weighted by molar-refractivity contribution is -0.0335. The van der Waals surface area contributed by atoms with Gasteiger partial charge in [-0.3, -0.25) is 19.5 Å². The fourth-order valence-corrected chi connectivity index (χ4v) is 4.04. The average molecular weight is 505 g/mol. The molecule has 1 aliphatic rings. The van der Waals surface area contributed by atoms with E-state index in [0.29, 0.717) is 18.7 Å². The number of ether oxygens (including phenoxy) is 1. The van der Waals surface area contributed by atoms with Crippen LogP contribution in [0, 0.1) is 0 Å². The molecule has 1 amide bonds. The maximum absolute atomic E-state index is 12.3. The first kappa shape index (κ1) is 25.0. The van der Waals surface area contributed by atoms with Crippen molar-refractivity contribution in [2.24, 2.45) is 0 Å². The summed E-state index contributed by atoms with van der Waals surface area (Å²) in [4.78, 5) is 19.9. The van der Waals surface area contributed by atoms with Crippen molar-refractivity contribution in [3.8, 4) is 16.9 Å². The van der Waals surface area contributed by atoms with Crippen LogP contribution in [0.4, 0.5) is 13.2 Å². The summed E-state index contributed by atoms with van der Waals surface area (Å²) in [6.07, 6.45) is 5.55. The van der Waals surface area contributed by atoms with Crippen LogP contribution < -0.4 is 14.8 Å². The molecule has 3 aromatic rings. The van der Waals surface area contributed by atoms with Gasteiger partial charge in [-0.25, -0.2) is 0 Å². The number of nitrogens with one attached hydrogen (secondary N) is 2. The molecule has 35 heavy (non-hydrogen) atoms. The van der Waals surface area contributed by atoms with Crippen LogP contribution in [0.25, 0.3) is 11.1 Å². The minimum Gasteiger partial charge on any atom is -0.489 e. The van der Waals surface area contributed by atoms with Crippen molar-refractivity contribution in [1.29, 1.82) is 0 Å². The highest BCUT2D eigenvalue weighted by Gasteiger charge is 2.30. The molecular weight excluding hydrogens is 481 g/mol. The third-order valence-corrected chi connectivity index (χ3v) is 5.97. The summed E-state index contributed by atoms with van der Waals surface area (Å²) in [6.45, 7) is 0.966. The van der Waals surface area contributed by atoms with Gasteiger partial charge >= 0.3 is 5.51 Å². The molecule has 0 saturated heterocycles. The van der Waals surface area contributed by atoms with Crippen LogP contribution in [0.5, 0.6) is 5.75 Å². The van der Waals surface area contributed by atoms with Gasteiger partial charge in [-0.15, -0.1) is 0 Å². The molecule has 2 aromatic heterocycles. The Kier molecular flexibility index (Phi) is 7.89. The molecule has 1 aliphatic heterocycles. The van der Waals surface area contributed by atoms with Crippen LogP contribution in [-0.2, 0) is 6.42 Å². The van der Waals surface area contributed by atoms with Crippen molar-refractivity contribution in [3.05, 3.63) is 77.9 Å². The van der Waals surface area contributed by atoms with Gasteiger partial charge in [0.25, 0.3) is 5.91 Å². The van der Waals surface area contributed by atoms with Gasteiger partial charge in [0, 0.05) is 37.2 Å². The van der Waals surface area contributed by atoms with Crippen molar-refractivity contribution in [3.63, 3.8) is 0 Å². The fraction of sp³-hybridized carbons (Fsp3) is 0.292. The molecular formula is C24H23F3N4O3S. The minimum absolute atomic E-state index is 0.0446. The molecule has 184 valence electrons. The third kappa shape index (κ3) is 6.93. The lowest BCUT2D eigenvalue weighted by Crippen LogP contribution is -2.36. The first-order valence-corrected chi connectivity index (χ1v) is 11.7. The summed E-state index contributed by atoms with van der Waals surface area (Å²) in [5.74, 6) is -0.160. The third-order valence-electron chi connectivity index (χ3n) is 5.45. The van der Waals surface area contributed by atoms with Gasteiger partial charge in [-0.05, 0) is 59.9 Å². The Morgan fingerprint density at radius 2 is 2.03 bits per heavy atom. The largest absolute Gasteiger partial charge is 0.489 e. The molecule has 4 rings (SSSR count). The summed E-state index contributed by atoms with van der Waals surface area (Å²) in [6, 6.07) is 12.4. The van der Waals surface area contributed by atoms with Crippen molar-refractivity contribution in [1.82, 2.24) is 20.0 Å². The highest BCUT2D eigenvalue weighted by atomic mass is 32.2. The van der Waals surface area contributed by atoms with Gasteiger partial charge in [-0.1, -0.05) is 12.1 Å². The van der Waals surface area contributed by atoms with Crippen LogP contribution >= 0.6 is 11.9 Å². The van der Waals surface area contributed by atoms with Crippen molar-refractivity contribution >= 4 is 17.9 Å². The first-order valence-electron chi connectivity index (χ1n) is 10.9. The number of carbonyl (C=O) groups excluding carboxylic acids is 1. The zero-order valence-electron chi connectivity index (χ0n) is 18.5. The number of pyridine rings is 2. The Labute approximate surface area is 204 Å². The number of rotatable bonds is 8. The fourth-order valence-electron chi connectivity index (χ4n) is 3.73. The molecule has 7 nitrogen and oxygen atoms in total. The van der Waals surface area contributed by atoms with Gasteiger partial charge in [0.2, 0.25) is 0 Å². The smallest absolute Gasteiger partial charge is 0.461 e. The van der Waals surface area contributed by atoms with Crippen LogP contribution in [0.15, 0.2) is 61.1 Å². The second-order valence-corrected chi connectivity index (χ2v) is 8.84. The number of halogens is 3. The molecule has 0 bridgehead atoms. The van der Waals surface area contributed by atoms with E-state index < -0.39 is 29.5 Å². The Balaban J connectivity index is 1.34. The van der Waals surface area contributed by atoms with Crippen molar-refractivity contribution in [2.45, 2.75) is 30.6 Å². The number of benzene rings is 1.